The van der Waals surface area contributed by atoms with Crippen LogP contribution in [0.5, 0.6) is 5.75 Å². The Kier molecular flexibility index (Phi) is 6.68. The first kappa shape index (κ1) is 17.0. The second-order valence-electron chi connectivity index (χ2n) is 4.66. The smallest absolute Gasteiger partial charge is 0.328 e. The third-order valence-corrected chi connectivity index (χ3v) is 2.96. The average Bonchev–Trinajstić information content (AvgIpc) is 2.43. The quantitative estimate of drug-likeness (QED) is 0.664. The number of aliphatic carboxylic acids is 1. The second-order valence-corrected chi connectivity index (χ2v) is 4.66. The SMILES string of the molecule is CCOc1ccccc1CCC(=O)N[C@H](C(=O)O)[C@@H](C)O. The number of benzene rings is 1. The van der Waals surface area contributed by atoms with E-state index in [-0.39, 0.29) is 6.42 Å². The second kappa shape index (κ2) is 8.26. The van der Waals surface area contributed by atoms with Gasteiger partial charge in [-0.25, -0.2) is 4.79 Å². The molecule has 0 saturated carbocycles. The number of hydrogen-bond acceptors (Lipinski definition) is 4. The highest BCUT2D eigenvalue weighted by Crippen LogP contribution is 2.19. The van der Waals surface area contributed by atoms with Crippen molar-refractivity contribution in [3.8, 4) is 5.75 Å². The van der Waals surface area contributed by atoms with Gasteiger partial charge in [0.25, 0.3) is 0 Å². The summed E-state index contributed by atoms with van der Waals surface area (Å²) in [6.07, 6.45) is -0.587. The molecule has 0 fully saturated rings. The zero-order valence-electron chi connectivity index (χ0n) is 12.2. The summed E-state index contributed by atoms with van der Waals surface area (Å²) in [4.78, 5) is 22.7. The van der Waals surface area contributed by atoms with E-state index in [1.807, 2.05) is 31.2 Å². The Morgan fingerprint density at radius 3 is 2.57 bits per heavy atom. The lowest BCUT2D eigenvalue weighted by Crippen LogP contribution is -2.47. The molecule has 0 unspecified atom stereocenters. The largest absolute Gasteiger partial charge is 0.494 e. The number of aliphatic hydroxyl groups excluding tert-OH is 1. The molecule has 0 aromatic heterocycles. The topological polar surface area (TPSA) is 95.9 Å². The summed E-state index contributed by atoms with van der Waals surface area (Å²) in [6.45, 7) is 3.74. The van der Waals surface area contributed by atoms with Gasteiger partial charge >= 0.3 is 5.97 Å². The van der Waals surface area contributed by atoms with Crippen molar-refractivity contribution in [2.24, 2.45) is 0 Å². The normalized spacial score (nSPS) is 13.3. The van der Waals surface area contributed by atoms with Crippen LogP contribution >= 0.6 is 0 Å². The minimum Gasteiger partial charge on any atom is -0.494 e. The summed E-state index contributed by atoms with van der Waals surface area (Å²) in [5.74, 6) is -0.958. The maximum Gasteiger partial charge on any atom is 0.328 e. The summed E-state index contributed by atoms with van der Waals surface area (Å²) in [7, 11) is 0. The van der Waals surface area contributed by atoms with Gasteiger partial charge in [0.2, 0.25) is 5.91 Å². The van der Waals surface area contributed by atoms with E-state index in [1.165, 1.54) is 6.92 Å². The minimum atomic E-state index is -1.29. The van der Waals surface area contributed by atoms with Crippen molar-refractivity contribution < 1.29 is 24.5 Å². The van der Waals surface area contributed by atoms with Crippen LogP contribution < -0.4 is 10.1 Å². The fourth-order valence-electron chi connectivity index (χ4n) is 1.89. The molecule has 1 aromatic rings. The number of carboxylic acid groups (broad SMARTS) is 1. The van der Waals surface area contributed by atoms with Crippen LogP contribution in [0.2, 0.25) is 0 Å². The third kappa shape index (κ3) is 5.43. The lowest BCUT2D eigenvalue weighted by Gasteiger charge is -2.17. The van der Waals surface area contributed by atoms with Gasteiger partial charge in [-0.1, -0.05) is 18.2 Å². The van der Waals surface area contributed by atoms with E-state index in [1.54, 1.807) is 0 Å². The molecule has 1 rings (SSSR count). The van der Waals surface area contributed by atoms with Gasteiger partial charge < -0.3 is 20.3 Å². The van der Waals surface area contributed by atoms with Gasteiger partial charge in [-0.15, -0.1) is 0 Å². The summed E-state index contributed by atoms with van der Waals surface area (Å²) in [5.41, 5.74) is 0.887. The first-order valence-electron chi connectivity index (χ1n) is 6.86. The number of aryl methyl sites for hydroxylation is 1. The maximum absolute atomic E-state index is 11.8. The maximum atomic E-state index is 11.8. The molecule has 3 N–H and O–H groups in total. The van der Waals surface area contributed by atoms with Crippen molar-refractivity contribution in [1.82, 2.24) is 5.32 Å². The van der Waals surface area contributed by atoms with Crippen LogP contribution in [-0.4, -0.2) is 40.8 Å². The summed E-state index contributed by atoms with van der Waals surface area (Å²) >= 11 is 0. The van der Waals surface area contributed by atoms with Gasteiger partial charge in [0.05, 0.1) is 12.7 Å². The van der Waals surface area contributed by atoms with Crippen molar-refractivity contribution >= 4 is 11.9 Å². The molecule has 6 nitrogen and oxygen atoms in total. The number of nitrogens with one attached hydrogen (secondary N) is 1. The van der Waals surface area contributed by atoms with Crippen molar-refractivity contribution in [3.63, 3.8) is 0 Å². The molecule has 0 radical (unpaired) electrons. The van der Waals surface area contributed by atoms with Crippen molar-refractivity contribution in [2.45, 2.75) is 38.8 Å². The number of amides is 1. The van der Waals surface area contributed by atoms with E-state index in [0.29, 0.717) is 13.0 Å². The Bertz CT molecular complexity index is 487. The van der Waals surface area contributed by atoms with Crippen LogP contribution in [-0.2, 0) is 16.0 Å². The van der Waals surface area contributed by atoms with E-state index < -0.39 is 24.0 Å². The highest BCUT2D eigenvalue weighted by atomic mass is 16.5. The number of rotatable bonds is 8. The van der Waals surface area contributed by atoms with Crippen molar-refractivity contribution in [3.05, 3.63) is 29.8 Å². The Morgan fingerprint density at radius 1 is 1.33 bits per heavy atom. The summed E-state index contributed by atoms with van der Waals surface area (Å²) in [6, 6.07) is 6.10. The highest BCUT2D eigenvalue weighted by molar-refractivity contribution is 5.84. The zero-order valence-corrected chi connectivity index (χ0v) is 12.2. The van der Waals surface area contributed by atoms with Gasteiger partial charge in [-0.2, -0.15) is 0 Å². The minimum absolute atomic E-state index is 0.126. The predicted octanol–water partition coefficient (Wildman–Crippen LogP) is 0.968. The van der Waals surface area contributed by atoms with Crippen LogP contribution in [0.25, 0.3) is 0 Å². The number of para-hydroxylation sites is 1. The van der Waals surface area contributed by atoms with Crippen LogP contribution in [0.1, 0.15) is 25.8 Å². The van der Waals surface area contributed by atoms with E-state index in [4.69, 9.17) is 9.84 Å². The van der Waals surface area contributed by atoms with E-state index >= 15 is 0 Å². The fraction of sp³-hybridized carbons (Fsp3) is 0.467. The lowest BCUT2D eigenvalue weighted by atomic mass is 10.1. The molecule has 1 aromatic carbocycles. The Balaban J connectivity index is 2.59. The van der Waals surface area contributed by atoms with Gasteiger partial charge in [0.15, 0.2) is 6.04 Å². The lowest BCUT2D eigenvalue weighted by molar-refractivity contribution is -0.144. The molecule has 0 aliphatic rings. The Hall–Kier alpha value is -2.08. The molecule has 21 heavy (non-hydrogen) atoms. The molecule has 2 atom stereocenters. The molecular formula is C15H21NO5. The molecular weight excluding hydrogens is 274 g/mol. The van der Waals surface area contributed by atoms with Crippen LogP contribution in [0.4, 0.5) is 0 Å². The van der Waals surface area contributed by atoms with Gasteiger partial charge in [-0.05, 0) is 31.9 Å². The van der Waals surface area contributed by atoms with Crippen molar-refractivity contribution in [1.29, 1.82) is 0 Å². The first-order valence-corrected chi connectivity index (χ1v) is 6.86. The van der Waals surface area contributed by atoms with E-state index in [9.17, 15) is 14.7 Å². The molecule has 6 heteroatoms. The number of carbonyl (C=O) groups is 2. The van der Waals surface area contributed by atoms with Gasteiger partial charge in [0.1, 0.15) is 5.75 Å². The number of ether oxygens (including phenoxy) is 1. The van der Waals surface area contributed by atoms with Crippen LogP contribution in [0.3, 0.4) is 0 Å². The standard InChI is InChI=1S/C15H21NO5/c1-3-21-12-7-5-4-6-11(12)8-9-13(18)16-14(10(2)17)15(19)20/h4-7,10,14,17H,3,8-9H2,1-2H3,(H,16,18)(H,19,20)/t10-,14+/m1/s1. The average molecular weight is 295 g/mol. The van der Waals surface area contributed by atoms with Crippen LogP contribution in [0.15, 0.2) is 24.3 Å². The highest BCUT2D eigenvalue weighted by Gasteiger charge is 2.24. The molecule has 0 spiro atoms. The Morgan fingerprint density at radius 2 is 2.00 bits per heavy atom. The monoisotopic (exact) mass is 295 g/mol. The molecule has 0 bridgehead atoms. The van der Waals surface area contributed by atoms with E-state index in [0.717, 1.165) is 11.3 Å². The van der Waals surface area contributed by atoms with Gasteiger partial charge in [0, 0.05) is 6.42 Å². The number of hydrogen-bond donors (Lipinski definition) is 3. The molecule has 116 valence electrons. The van der Waals surface area contributed by atoms with Crippen molar-refractivity contribution in [2.75, 3.05) is 6.61 Å². The number of carbonyl (C=O) groups excluding carboxylic acids is 1. The summed E-state index contributed by atoms with van der Waals surface area (Å²) < 4.78 is 5.46. The molecule has 0 saturated heterocycles. The zero-order chi connectivity index (χ0) is 15.8. The molecule has 0 heterocycles. The third-order valence-electron chi connectivity index (χ3n) is 2.96. The fourth-order valence-corrected chi connectivity index (χ4v) is 1.89. The molecule has 1 amide bonds. The van der Waals surface area contributed by atoms with E-state index in [2.05, 4.69) is 5.32 Å². The molecule has 0 aliphatic carbocycles. The number of aliphatic hydroxyl groups is 1. The number of carboxylic acids is 1. The molecule has 0 aliphatic heterocycles. The van der Waals surface area contributed by atoms with Crippen LogP contribution in [0, 0.1) is 0 Å². The van der Waals surface area contributed by atoms with Gasteiger partial charge in [-0.3, -0.25) is 4.79 Å². The first-order chi connectivity index (χ1) is 9.95. The Labute approximate surface area is 123 Å². The predicted molar refractivity (Wildman–Crippen MR) is 77.2 cm³/mol. The summed E-state index contributed by atoms with van der Waals surface area (Å²) in [5, 5.41) is 20.5.